The maximum atomic E-state index is 13.0. The van der Waals surface area contributed by atoms with Gasteiger partial charge in [-0.05, 0) is 40.5 Å². The van der Waals surface area contributed by atoms with Gasteiger partial charge in [0.1, 0.15) is 5.82 Å². The third-order valence-corrected chi connectivity index (χ3v) is 3.15. The summed E-state index contributed by atoms with van der Waals surface area (Å²) in [5, 5.41) is 11.2. The lowest BCUT2D eigenvalue weighted by Gasteiger charge is -2.09. The Bertz CT molecular complexity index is 465. The molecule has 6 heteroatoms. The zero-order chi connectivity index (χ0) is 13.7. The lowest BCUT2D eigenvalue weighted by molar-refractivity contribution is -0.141. The predicted octanol–water partition coefficient (Wildman–Crippen LogP) is 2.43. The number of nitrogens with one attached hydrogen (secondary N) is 1. The number of hydrogen-bond acceptors (Lipinski definition) is 2. The Balaban J connectivity index is 2.55. The molecule has 0 fully saturated rings. The van der Waals surface area contributed by atoms with Gasteiger partial charge < -0.3 is 10.4 Å². The molecule has 1 aromatic rings. The third kappa shape index (κ3) is 4.10. The van der Waals surface area contributed by atoms with Gasteiger partial charge in [0.15, 0.2) is 0 Å². The quantitative estimate of drug-likeness (QED) is 0.876. The first-order valence-electron chi connectivity index (χ1n) is 5.38. The van der Waals surface area contributed by atoms with Crippen molar-refractivity contribution in [2.75, 3.05) is 6.54 Å². The SMILES string of the molecule is CC(CCNC(=O)c1cc(F)ccc1Br)C(=O)O. The molecule has 0 aliphatic heterocycles. The summed E-state index contributed by atoms with van der Waals surface area (Å²) >= 11 is 3.15. The van der Waals surface area contributed by atoms with Gasteiger partial charge in [-0.15, -0.1) is 0 Å². The van der Waals surface area contributed by atoms with Crippen LogP contribution in [0.25, 0.3) is 0 Å². The molecule has 2 N–H and O–H groups in total. The average Bonchev–Trinajstić information content (AvgIpc) is 2.31. The first kappa shape index (κ1) is 14.6. The zero-order valence-corrected chi connectivity index (χ0v) is 11.3. The summed E-state index contributed by atoms with van der Waals surface area (Å²) in [6.07, 6.45) is 0.327. The van der Waals surface area contributed by atoms with Crippen LogP contribution in [0.2, 0.25) is 0 Å². The number of carboxylic acid groups (broad SMARTS) is 1. The summed E-state index contributed by atoms with van der Waals surface area (Å²) in [4.78, 5) is 22.3. The molecule has 0 spiro atoms. The van der Waals surface area contributed by atoms with Crippen LogP contribution in [-0.2, 0) is 4.79 Å². The molecule has 1 amide bonds. The van der Waals surface area contributed by atoms with Crippen molar-refractivity contribution in [2.24, 2.45) is 5.92 Å². The monoisotopic (exact) mass is 317 g/mol. The van der Waals surface area contributed by atoms with E-state index < -0.39 is 23.6 Å². The second kappa shape index (κ2) is 6.49. The fourth-order valence-corrected chi connectivity index (χ4v) is 1.72. The summed E-state index contributed by atoms with van der Waals surface area (Å²) in [5.74, 6) is -2.36. The Labute approximate surface area is 112 Å². The number of carbonyl (C=O) groups excluding carboxylic acids is 1. The second-order valence-corrected chi connectivity index (χ2v) is 4.76. The van der Waals surface area contributed by atoms with E-state index in [1.807, 2.05) is 0 Å². The second-order valence-electron chi connectivity index (χ2n) is 3.91. The molecule has 18 heavy (non-hydrogen) atoms. The zero-order valence-electron chi connectivity index (χ0n) is 9.74. The number of carboxylic acids is 1. The van der Waals surface area contributed by atoms with Gasteiger partial charge in [-0.3, -0.25) is 9.59 Å². The third-order valence-electron chi connectivity index (χ3n) is 2.46. The van der Waals surface area contributed by atoms with E-state index >= 15 is 0 Å². The molecule has 0 saturated heterocycles. The van der Waals surface area contributed by atoms with Crippen molar-refractivity contribution >= 4 is 27.8 Å². The van der Waals surface area contributed by atoms with Crippen LogP contribution in [0.5, 0.6) is 0 Å². The first-order chi connectivity index (χ1) is 8.41. The Morgan fingerprint density at radius 2 is 2.17 bits per heavy atom. The lowest BCUT2D eigenvalue weighted by Crippen LogP contribution is -2.27. The van der Waals surface area contributed by atoms with Gasteiger partial charge in [0.25, 0.3) is 5.91 Å². The maximum absolute atomic E-state index is 13.0. The maximum Gasteiger partial charge on any atom is 0.306 e. The van der Waals surface area contributed by atoms with Crippen LogP contribution in [0.15, 0.2) is 22.7 Å². The highest BCUT2D eigenvalue weighted by Gasteiger charge is 2.13. The van der Waals surface area contributed by atoms with Crippen LogP contribution in [0.3, 0.4) is 0 Å². The number of rotatable bonds is 5. The molecule has 1 rings (SSSR count). The Hall–Kier alpha value is -1.43. The molecule has 98 valence electrons. The number of aliphatic carboxylic acids is 1. The minimum atomic E-state index is -0.906. The summed E-state index contributed by atoms with van der Waals surface area (Å²) in [7, 11) is 0. The average molecular weight is 318 g/mol. The van der Waals surface area contributed by atoms with E-state index in [2.05, 4.69) is 21.2 Å². The van der Waals surface area contributed by atoms with Gasteiger partial charge in [0, 0.05) is 11.0 Å². The number of benzene rings is 1. The van der Waals surface area contributed by atoms with Crippen LogP contribution in [0, 0.1) is 11.7 Å². The van der Waals surface area contributed by atoms with Crippen LogP contribution in [0.1, 0.15) is 23.7 Å². The number of amides is 1. The van der Waals surface area contributed by atoms with Gasteiger partial charge >= 0.3 is 5.97 Å². The number of carbonyl (C=O) groups is 2. The van der Waals surface area contributed by atoms with E-state index in [9.17, 15) is 14.0 Å². The van der Waals surface area contributed by atoms with Crippen molar-refractivity contribution in [1.29, 1.82) is 0 Å². The molecule has 1 unspecified atom stereocenters. The molecule has 0 aliphatic carbocycles. The molecular formula is C12H13BrFNO3. The predicted molar refractivity (Wildman–Crippen MR) is 67.9 cm³/mol. The van der Waals surface area contributed by atoms with Crippen molar-refractivity contribution in [3.63, 3.8) is 0 Å². The fourth-order valence-electron chi connectivity index (χ4n) is 1.29. The lowest BCUT2D eigenvalue weighted by atomic mass is 10.1. The molecule has 0 heterocycles. The van der Waals surface area contributed by atoms with Gasteiger partial charge in [-0.1, -0.05) is 6.92 Å². The Morgan fingerprint density at radius 1 is 1.50 bits per heavy atom. The Kier molecular flexibility index (Phi) is 5.27. The van der Waals surface area contributed by atoms with Gasteiger partial charge in [0.05, 0.1) is 11.5 Å². The van der Waals surface area contributed by atoms with Crippen LogP contribution >= 0.6 is 15.9 Å². The first-order valence-corrected chi connectivity index (χ1v) is 6.17. The summed E-state index contributed by atoms with van der Waals surface area (Å²) in [5.41, 5.74) is 0.193. The van der Waals surface area contributed by atoms with E-state index in [4.69, 9.17) is 5.11 Å². The van der Waals surface area contributed by atoms with Crippen LogP contribution < -0.4 is 5.32 Å². The van der Waals surface area contributed by atoms with E-state index in [0.717, 1.165) is 6.07 Å². The van der Waals surface area contributed by atoms with E-state index in [-0.39, 0.29) is 12.1 Å². The van der Waals surface area contributed by atoms with Crippen molar-refractivity contribution in [3.05, 3.63) is 34.1 Å². The van der Waals surface area contributed by atoms with Crippen molar-refractivity contribution in [1.82, 2.24) is 5.32 Å². The summed E-state index contributed by atoms with van der Waals surface area (Å²) < 4.78 is 13.5. The molecule has 4 nitrogen and oxygen atoms in total. The molecule has 1 aromatic carbocycles. The van der Waals surface area contributed by atoms with Gasteiger partial charge in [-0.2, -0.15) is 0 Å². The number of hydrogen-bond donors (Lipinski definition) is 2. The fraction of sp³-hybridized carbons (Fsp3) is 0.333. The number of halogens is 2. The van der Waals surface area contributed by atoms with Crippen LogP contribution in [0.4, 0.5) is 4.39 Å². The van der Waals surface area contributed by atoms with Crippen LogP contribution in [-0.4, -0.2) is 23.5 Å². The van der Waals surface area contributed by atoms with Crippen molar-refractivity contribution < 1.29 is 19.1 Å². The highest BCUT2D eigenvalue weighted by atomic mass is 79.9. The minimum absolute atomic E-state index is 0.193. The van der Waals surface area contributed by atoms with Gasteiger partial charge in [-0.25, -0.2) is 4.39 Å². The van der Waals surface area contributed by atoms with Gasteiger partial charge in [0.2, 0.25) is 0 Å². The minimum Gasteiger partial charge on any atom is -0.481 e. The topological polar surface area (TPSA) is 66.4 Å². The van der Waals surface area contributed by atoms with Crippen molar-refractivity contribution in [2.45, 2.75) is 13.3 Å². The normalized spacial score (nSPS) is 11.9. The molecular weight excluding hydrogens is 305 g/mol. The summed E-state index contributed by atoms with van der Waals surface area (Å²) in [6, 6.07) is 3.82. The molecule has 0 bridgehead atoms. The highest BCUT2D eigenvalue weighted by molar-refractivity contribution is 9.10. The van der Waals surface area contributed by atoms with Crippen molar-refractivity contribution in [3.8, 4) is 0 Å². The standard InChI is InChI=1S/C12H13BrFNO3/c1-7(12(17)18)4-5-15-11(16)9-6-8(14)2-3-10(9)13/h2-3,6-7H,4-5H2,1H3,(H,15,16)(H,17,18). The largest absolute Gasteiger partial charge is 0.481 e. The van der Waals surface area contributed by atoms with E-state index in [1.165, 1.54) is 12.1 Å². The smallest absolute Gasteiger partial charge is 0.306 e. The van der Waals surface area contributed by atoms with E-state index in [0.29, 0.717) is 10.9 Å². The molecule has 0 radical (unpaired) electrons. The molecule has 0 saturated carbocycles. The van der Waals surface area contributed by atoms with E-state index in [1.54, 1.807) is 6.92 Å². The summed E-state index contributed by atoms with van der Waals surface area (Å²) in [6.45, 7) is 1.79. The molecule has 0 aliphatic rings. The molecule has 1 atom stereocenters. The molecule has 0 aromatic heterocycles. The Morgan fingerprint density at radius 3 is 2.78 bits per heavy atom. The highest BCUT2D eigenvalue weighted by Crippen LogP contribution is 2.17.